The Balaban J connectivity index is 2.19. The Hall–Kier alpha value is -0.770. The first kappa shape index (κ1) is 13.7. The van der Waals surface area contributed by atoms with Crippen molar-refractivity contribution in [2.45, 2.75) is 32.5 Å². The Morgan fingerprint density at radius 2 is 2.17 bits per heavy atom. The van der Waals surface area contributed by atoms with Gasteiger partial charge in [0.2, 0.25) is 0 Å². The smallest absolute Gasteiger partial charge is 0.0762 e. The molecule has 1 aliphatic heterocycles. The maximum atomic E-state index is 9.92. The van der Waals surface area contributed by atoms with Gasteiger partial charge in [-0.15, -0.1) is 0 Å². The number of anilines is 1. The summed E-state index contributed by atoms with van der Waals surface area (Å²) >= 11 is 6.26. The summed E-state index contributed by atoms with van der Waals surface area (Å²) in [4.78, 5) is 2.11. The van der Waals surface area contributed by atoms with E-state index >= 15 is 0 Å². The van der Waals surface area contributed by atoms with Crippen LogP contribution in [0.25, 0.3) is 0 Å². The first-order valence-corrected chi connectivity index (χ1v) is 6.77. The fourth-order valence-corrected chi connectivity index (χ4v) is 2.62. The van der Waals surface area contributed by atoms with Gasteiger partial charge >= 0.3 is 0 Å². The van der Waals surface area contributed by atoms with Crippen molar-refractivity contribution < 1.29 is 10.2 Å². The van der Waals surface area contributed by atoms with Crippen LogP contribution in [-0.4, -0.2) is 29.4 Å². The highest BCUT2D eigenvalue weighted by atomic mass is 35.5. The second-order valence-electron chi connectivity index (χ2n) is 5.17. The van der Waals surface area contributed by atoms with E-state index in [0.29, 0.717) is 17.5 Å². The molecule has 100 valence electrons. The molecule has 2 rings (SSSR count). The average Bonchev–Trinajstić information content (AvgIpc) is 2.32. The normalized spacial score (nSPS) is 26.2. The molecule has 0 aromatic heterocycles. The molecule has 2 unspecified atom stereocenters. The highest BCUT2D eigenvalue weighted by Gasteiger charge is 2.25. The Kier molecular flexibility index (Phi) is 4.15. The van der Waals surface area contributed by atoms with Gasteiger partial charge in [0, 0.05) is 13.1 Å². The van der Waals surface area contributed by atoms with Crippen molar-refractivity contribution in [2.24, 2.45) is 5.92 Å². The molecule has 2 N–H and O–H groups in total. The van der Waals surface area contributed by atoms with E-state index in [-0.39, 0.29) is 6.10 Å². The van der Waals surface area contributed by atoms with E-state index in [0.717, 1.165) is 24.2 Å². The Morgan fingerprint density at radius 3 is 2.72 bits per heavy atom. The molecule has 0 amide bonds. The van der Waals surface area contributed by atoms with E-state index in [4.69, 9.17) is 11.6 Å². The molecular formula is C14H20ClNO2. The highest BCUT2D eigenvalue weighted by molar-refractivity contribution is 6.33. The van der Waals surface area contributed by atoms with Crippen molar-refractivity contribution in [2.75, 3.05) is 18.0 Å². The van der Waals surface area contributed by atoms with Crippen LogP contribution in [0.5, 0.6) is 0 Å². The van der Waals surface area contributed by atoms with Gasteiger partial charge in [0.05, 0.1) is 22.9 Å². The van der Waals surface area contributed by atoms with Crippen LogP contribution in [0.3, 0.4) is 0 Å². The van der Waals surface area contributed by atoms with Gasteiger partial charge in [0.1, 0.15) is 0 Å². The standard InChI is InChI=1S/C14H20ClNO2/c1-9-5-6-16(8-14(9)18)13-4-3-11(10(2)17)7-12(13)15/h3-4,7,9-10,14,17-18H,5-6,8H2,1-2H3/t9?,10-,14?/m0/s1. The zero-order valence-electron chi connectivity index (χ0n) is 10.8. The lowest BCUT2D eigenvalue weighted by Crippen LogP contribution is -2.43. The van der Waals surface area contributed by atoms with Gasteiger partial charge in [0.15, 0.2) is 0 Å². The van der Waals surface area contributed by atoms with Gasteiger partial charge < -0.3 is 15.1 Å². The predicted octanol–water partition coefficient (Wildman–Crippen LogP) is 2.60. The summed E-state index contributed by atoms with van der Waals surface area (Å²) in [5.41, 5.74) is 1.75. The third-order valence-corrected chi connectivity index (χ3v) is 4.02. The van der Waals surface area contributed by atoms with Crippen molar-refractivity contribution in [1.82, 2.24) is 0 Å². The SMILES string of the molecule is CC1CCN(c2ccc([C@H](C)O)cc2Cl)CC1O. The minimum atomic E-state index is -0.511. The summed E-state index contributed by atoms with van der Waals surface area (Å²) in [7, 11) is 0. The highest BCUT2D eigenvalue weighted by Crippen LogP contribution is 2.31. The number of benzene rings is 1. The van der Waals surface area contributed by atoms with Crippen LogP contribution in [0.2, 0.25) is 5.02 Å². The number of rotatable bonds is 2. The number of halogens is 1. The summed E-state index contributed by atoms with van der Waals surface area (Å²) in [6.07, 6.45) is 0.158. The number of aliphatic hydroxyl groups is 2. The summed E-state index contributed by atoms with van der Waals surface area (Å²) < 4.78 is 0. The molecule has 4 heteroatoms. The fourth-order valence-electron chi connectivity index (χ4n) is 2.31. The lowest BCUT2D eigenvalue weighted by Gasteiger charge is -2.36. The predicted molar refractivity (Wildman–Crippen MR) is 74.1 cm³/mol. The maximum absolute atomic E-state index is 9.92. The van der Waals surface area contributed by atoms with Crippen molar-refractivity contribution in [3.8, 4) is 0 Å². The number of aliphatic hydroxyl groups excluding tert-OH is 2. The first-order chi connectivity index (χ1) is 8.49. The first-order valence-electron chi connectivity index (χ1n) is 6.39. The third-order valence-electron chi connectivity index (χ3n) is 3.71. The fraction of sp³-hybridized carbons (Fsp3) is 0.571. The van der Waals surface area contributed by atoms with E-state index in [1.807, 2.05) is 12.1 Å². The molecule has 0 spiro atoms. The molecule has 0 bridgehead atoms. The molecule has 1 saturated heterocycles. The van der Waals surface area contributed by atoms with E-state index in [2.05, 4.69) is 11.8 Å². The van der Waals surface area contributed by atoms with Gasteiger partial charge in [-0.25, -0.2) is 0 Å². The van der Waals surface area contributed by atoms with Gasteiger partial charge in [-0.2, -0.15) is 0 Å². The molecule has 18 heavy (non-hydrogen) atoms. The molecule has 3 atom stereocenters. The van der Waals surface area contributed by atoms with E-state index in [1.54, 1.807) is 13.0 Å². The molecule has 0 saturated carbocycles. The van der Waals surface area contributed by atoms with Crippen LogP contribution in [0.15, 0.2) is 18.2 Å². The van der Waals surface area contributed by atoms with Gasteiger partial charge in [-0.3, -0.25) is 0 Å². The molecule has 0 radical (unpaired) electrons. The van der Waals surface area contributed by atoms with Crippen LogP contribution < -0.4 is 4.90 Å². The minimum absolute atomic E-state index is 0.300. The summed E-state index contributed by atoms with van der Waals surface area (Å²) in [5, 5.41) is 20.1. The summed E-state index contributed by atoms with van der Waals surface area (Å²) in [6, 6.07) is 5.61. The van der Waals surface area contributed by atoms with Crippen LogP contribution in [-0.2, 0) is 0 Å². The molecule has 3 nitrogen and oxygen atoms in total. The second-order valence-corrected chi connectivity index (χ2v) is 5.57. The quantitative estimate of drug-likeness (QED) is 0.867. The largest absolute Gasteiger partial charge is 0.391 e. The Morgan fingerprint density at radius 1 is 1.44 bits per heavy atom. The second kappa shape index (κ2) is 5.47. The van der Waals surface area contributed by atoms with Crippen LogP contribution >= 0.6 is 11.6 Å². The number of hydrogen-bond acceptors (Lipinski definition) is 3. The summed E-state index contributed by atoms with van der Waals surface area (Å²) in [5.74, 6) is 0.344. The zero-order valence-corrected chi connectivity index (χ0v) is 11.6. The number of piperidine rings is 1. The van der Waals surface area contributed by atoms with E-state index in [1.165, 1.54) is 0 Å². The summed E-state index contributed by atoms with van der Waals surface area (Å²) in [6.45, 7) is 5.32. The third kappa shape index (κ3) is 2.79. The van der Waals surface area contributed by atoms with Crippen molar-refractivity contribution in [1.29, 1.82) is 0 Å². The van der Waals surface area contributed by atoms with Gasteiger partial charge in [-0.1, -0.05) is 24.6 Å². The number of β-amino-alcohol motifs (C(OH)–C–C–N with tert-alkyl or cyclic N) is 1. The molecule has 1 aromatic rings. The lowest BCUT2D eigenvalue weighted by atomic mass is 9.95. The Labute approximate surface area is 113 Å². The number of hydrogen-bond donors (Lipinski definition) is 2. The minimum Gasteiger partial charge on any atom is -0.391 e. The Bertz CT molecular complexity index is 422. The van der Waals surface area contributed by atoms with Crippen LogP contribution in [0, 0.1) is 5.92 Å². The van der Waals surface area contributed by atoms with Crippen molar-refractivity contribution >= 4 is 17.3 Å². The van der Waals surface area contributed by atoms with Gasteiger partial charge in [0.25, 0.3) is 0 Å². The topological polar surface area (TPSA) is 43.7 Å². The molecule has 1 aliphatic rings. The zero-order chi connectivity index (χ0) is 13.3. The molecule has 1 fully saturated rings. The van der Waals surface area contributed by atoms with Crippen molar-refractivity contribution in [3.05, 3.63) is 28.8 Å². The average molecular weight is 270 g/mol. The van der Waals surface area contributed by atoms with Gasteiger partial charge in [-0.05, 0) is 37.0 Å². The van der Waals surface area contributed by atoms with Crippen LogP contribution in [0.1, 0.15) is 31.9 Å². The maximum Gasteiger partial charge on any atom is 0.0762 e. The molecule has 1 aromatic carbocycles. The molecule has 0 aliphatic carbocycles. The van der Waals surface area contributed by atoms with E-state index < -0.39 is 6.10 Å². The molecule has 1 heterocycles. The van der Waals surface area contributed by atoms with Crippen LogP contribution in [0.4, 0.5) is 5.69 Å². The molecular weight excluding hydrogens is 250 g/mol. The van der Waals surface area contributed by atoms with E-state index in [9.17, 15) is 10.2 Å². The number of nitrogens with zero attached hydrogens (tertiary/aromatic N) is 1. The monoisotopic (exact) mass is 269 g/mol. The van der Waals surface area contributed by atoms with Crippen molar-refractivity contribution in [3.63, 3.8) is 0 Å². The lowest BCUT2D eigenvalue weighted by molar-refractivity contribution is 0.103.